The molecule has 5 heteroatoms. The maximum absolute atomic E-state index is 13.2. The van der Waals surface area contributed by atoms with E-state index in [1.165, 1.54) is 11.1 Å². The Balaban J connectivity index is 1.40. The molecule has 0 saturated carbocycles. The number of aryl methyl sites for hydroxylation is 1. The Kier molecular flexibility index (Phi) is 5.33. The highest BCUT2D eigenvalue weighted by Crippen LogP contribution is 2.36. The van der Waals surface area contributed by atoms with Crippen LogP contribution < -0.4 is 5.32 Å². The van der Waals surface area contributed by atoms with Gasteiger partial charge in [-0.25, -0.2) is 4.79 Å². The number of benzene rings is 2. The monoisotopic (exact) mass is 377 g/mol. The van der Waals surface area contributed by atoms with E-state index in [1.54, 1.807) is 4.90 Å². The molecule has 1 fully saturated rings. The molecule has 2 aliphatic rings. The van der Waals surface area contributed by atoms with Crippen molar-refractivity contribution in [3.05, 3.63) is 65.7 Å². The summed E-state index contributed by atoms with van der Waals surface area (Å²) in [5.41, 5.74) is 3.40. The molecule has 0 aromatic heterocycles. The van der Waals surface area contributed by atoms with Crippen LogP contribution >= 0.6 is 0 Å². The van der Waals surface area contributed by atoms with Gasteiger partial charge in [-0.3, -0.25) is 4.79 Å². The third kappa shape index (κ3) is 3.75. The zero-order chi connectivity index (χ0) is 19.5. The largest absolute Gasteiger partial charge is 0.338 e. The summed E-state index contributed by atoms with van der Waals surface area (Å²) >= 11 is 0. The van der Waals surface area contributed by atoms with Gasteiger partial charge < -0.3 is 15.1 Å². The number of fused-ring (bicyclic) bond motifs is 1. The number of nitrogens with one attached hydrogen (secondary N) is 1. The van der Waals surface area contributed by atoms with Crippen molar-refractivity contribution in [2.24, 2.45) is 5.92 Å². The number of amides is 3. The number of para-hydroxylation sites is 1. The molecule has 0 bridgehead atoms. The fourth-order valence-corrected chi connectivity index (χ4v) is 4.47. The molecule has 5 nitrogen and oxygen atoms in total. The van der Waals surface area contributed by atoms with E-state index in [1.807, 2.05) is 48.3 Å². The molecule has 1 saturated heterocycles. The quantitative estimate of drug-likeness (QED) is 0.876. The Labute approximate surface area is 166 Å². The Morgan fingerprint density at radius 3 is 2.61 bits per heavy atom. The van der Waals surface area contributed by atoms with Crippen LogP contribution in [0.5, 0.6) is 0 Å². The van der Waals surface area contributed by atoms with Crippen LogP contribution in [0.2, 0.25) is 0 Å². The second-order valence-corrected chi connectivity index (χ2v) is 7.78. The van der Waals surface area contributed by atoms with Crippen LogP contribution in [-0.2, 0) is 11.2 Å². The van der Waals surface area contributed by atoms with Gasteiger partial charge in [-0.15, -0.1) is 0 Å². The lowest BCUT2D eigenvalue weighted by Gasteiger charge is -2.35. The van der Waals surface area contributed by atoms with E-state index in [0.717, 1.165) is 31.4 Å². The third-order valence-corrected chi connectivity index (χ3v) is 6.00. The standard InChI is InChI=1S/C23H27N3O2/c1-25(21-14-13-17-8-5-6-12-20(17)21)22(27)18-9-7-15-26(16-18)23(28)24-19-10-3-2-4-11-19/h2-6,8,10-12,18,21H,7,9,13-16H2,1H3,(H,24,28). The first-order valence-electron chi connectivity index (χ1n) is 10.1. The van der Waals surface area contributed by atoms with Gasteiger partial charge in [-0.1, -0.05) is 42.5 Å². The normalized spacial score (nSPS) is 21.1. The predicted molar refractivity (Wildman–Crippen MR) is 110 cm³/mol. The lowest BCUT2D eigenvalue weighted by atomic mass is 9.95. The number of carbonyl (C=O) groups excluding carboxylic acids is 2. The second kappa shape index (κ2) is 8.05. The number of carbonyl (C=O) groups is 2. The van der Waals surface area contributed by atoms with Gasteiger partial charge in [0.1, 0.15) is 0 Å². The minimum Gasteiger partial charge on any atom is -0.338 e. The van der Waals surface area contributed by atoms with Crippen molar-refractivity contribution < 1.29 is 9.59 Å². The van der Waals surface area contributed by atoms with E-state index in [4.69, 9.17) is 0 Å². The summed E-state index contributed by atoms with van der Waals surface area (Å²) in [5, 5.41) is 2.93. The van der Waals surface area contributed by atoms with Crippen molar-refractivity contribution in [1.82, 2.24) is 9.80 Å². The second-order valence-electron chi connectivity index (χ2n) is 7.78. The van der Waals surface area contributed by atoms with Crippen molar-refractivity contribution in [2.75, 3.05) is 25.5 Å². The summed E-state index contributed by atoms with van der Waals surface area (Å²) in [7, 11) is 1.91. The van der Waals surface area contributed by atoms with Gasteiger partial charge >= 0.3 is 6.03 Å². The van der Waals surface area contributed by atoms with Crippen molar-refractivity contribution in [2.45, 2.75) is 31.7 Å². The number of urea groups is 1. The number of hydrogen-bond acceptors (Lipinski definition) is 2. The molecule has 1 heterocycles. The number of rotatable bonds is 3. The summed E-state index contributed by atoms with van der Waals surface area (Å²) < 4.78 is 0. The molecule has 2 unspecified atom stereocenters. The molecule has 0 spiro atoms. The zero-order valence-corrected chi connectivity index (χ0v) is 16.3. The van der Waals surface area contributed by atoms with Crippen molar-refractivity contribution in [3.63, 3.8) is 0 Å². The van der Waals surface area contributed by atoms with Crippen molar-refractivity contribution in [1.29, 1.82) is 0 Å². The molecular formula is C23H27N3O2. The maximum atomic E-state index is 13.2. The zero-order valence-electron chi connectivity index (χ0n) is 16.3. The molecule has 4 rings (SSSR count). The number of piperidine rings is 1. The van der Waals surface area contributed by atoms with Gasteiger partial charge in [0.25, 0.3) is 0 Å². The Morgan fingerprint density at radius 2 is 1.79 bits per heavy atom. The summed E-state index contributed by atoms with van der Waals surface area (Å²) in [6.07, 6.45) is 3.70. The minimum absolute atomic E-state index is 0.127. The highest BCUT2D eigenvalue weighted by molar-refractivity contribution is 5.90. The minimum atomic E-state index is -0.131. The molecule has 1 aliphatic carbocycles. The van der Waals surface area contributed by atoms with Gasteiger partial charge in [-0.2, -0.15) is 0 Å². The van der Waals surface area contributed by atoms with Gasteiger partial charge in [0.2, 0.25) is 5.91 Å². The lowest BCUT2D eigenvalue weighted by molar-refractivity contribution is -0.137. The van der Waals surface area contributed by atoms with E-state index in [-0.39, 0.29) is 23.9 Å². The average Bonchev–Trinajstić information content (AvgIpc) is 3.17. The van der Waals surface area contributed by atoms with Gasteiger partial charge in [-0.05, 0) is 48.9 Å². The smallest absolute Gasteiger partial charge is 0.321 e. The molecule has 2 atom stereocenters. The summed E-state index contributed by atoms with van der Waals surface area (Å²) in [4.78, 5) is 29.5. The van der Waals surface area contributed by atoms with Crippen LogP contribution in [-0.4, -0.2) is 41.9 Å². The first-order valence-corrected chi connectivity index (χ1v) is 10.1. The number of anilines is 1. The molecular weight excluding hydrogens is 350 g/mol. The first-order chi connectivity index (χ1) is 13.6. The van der Waals surface area contributed by atoms with Crippen molar-refractivity contribution >= 4 is 17.6 Å². The first kappa shape index (κ1) is 18.5. The fraction of sp³-hybridized carbons (Fsp3) is 0.391. The van der Waals surface area contributed by atoms with Crippen LogP contribution in [0.4, 0.5) is 10.5 Å². The molecule has 2 aromatic rings. The summed E-state index contributed by atoms with van der Waals surface area (Å²) in [6.45, 7) is 1.18. The Bertz CT molecular complexity index is 852. The summed E-state index contributed by atoms with van der Waals surface area (Å²) in [5.74, 6) is 0.0203. The third-order valence-electron chi connectivity index (χ3n) is 6.00. The molecule has 3 amide bonds. The van der Waals surface area contributed by atoms with Crippen LogP contribution in [0.1, 0.15) is 36.4 Å². The number of nitrogens with zero attached hydrogens (tertiary/aromatic N) is 2. The van der Waals surface area contributed by atoms with E-state index in [9.17, 15) is 9.59 Å². The van der Waals surface area contributed by atoms with Crippen LogP contribution in [0.25, 0.3) is 0 Å². The van der Waals surface area contributed by atoms with Crippen LogP contribution in [0.15, 0.2) is 54.6 Å². The molecule has 146 valence electrons. The molecule has 1 N–H and O–H groups in total. The van der Waals surface area contributed by atoms with Gasteiger partial charge in [0.05, 0.1) is 12.0 Å². The average molecular weight is 377 g/mol. The van der Waals surface area contributed by atoms with E-state index < -0.39 is 0 Å². The Hall–Kier alpha value is -2.82. The highest BCUT2D eigenvalue weighted by atomic mass is 16.2. The molecule has 28 heavy (non-hydrogen) atoms. The van der Waals surface area contributed by atoms with Crippen molar-refractivity contribution in [3.8, 4) is 0 Å². The fourth-order valence-electron chi connectivity index (χ4n) is 4.47. The van der Waals surface area contributed by atoms with E-state index in [2.05, 4.69) is 23.5 Å². The van der Waals surface area contributed by atoms with Crippen LogP contribution in [0, 0.1) is 5.92 Å². The lowest BCUT2D eigenvalue weighted by Crippen LogP contribution is -2.47. The van der Waals surface area contributed by atoms with Gasteiger partial charge in [0, 0.05) is 25.8 Å². The van der Waals surface area contributed by atoms with E-state index >= 15 is 0 Å². The maximum Gasteiger partial charge on any atom is 0.321 e. The van der Waals surface area contributed by atoms with Gasteiger partial charge in [0.15, 0.2) is 0 Å². The summed E-state index contributed by atoms with van der Waals surface area (Å²) in [6, 6.07) is 17.9. The van der Waals surface area contributed by atoms with E-state index in [0.29, 0.717) is 13.1 Å². The topological polar surface area (TPSA) is 52.7 Å². The Morgan fingerprint density at radius 1 is 1.04 bits per heavy atom. The highest BCUT2D eigenvalue weighted by Gasteiger charge is 2.34. The SMILES string of the molecule is CN(C(=O)C1CCCN(C(=O)Nc2ccccc2)C1)C1CCc2ccccc21. The molecule has 2 aromatic carbocycles. The molecule has 1 aliphatic heterocycles. The number of likely N-dealkylation sites (tertiary alicyclic amines) is 1. The molecule has 0 radical (unpaired) electrons. The predicted octanol–water partition coefficient (Wildman–Crippen LogP) is 4.08. The van der Waals surface area contributed by atoms with Crippen LogP contribution in [0.3, 0.4) is 0 Å². The number of hydrogen-bond donors (Lipinski definition) is 1.